The van der Waals surface area contributed by atoms with Crippen molar-refractivity contribution in [3.8, 4) is 0 Å². The fourth-order valence-electron chi connectivity index (χ4n) is 4.67. The number of fused-ring (bicyclic) bond motifs is 5. The first-order chi connectivity index (χ1) is 13.1. The van der Waals surface area contributed by atoms with Crippen LogP contribution in [-0.4, -0.2) is 17.7 Å². The largest absolute Gasteiger partial charge is 0.322 e. The molecule has 5 nitrogen and oxygen atoms in total. The maximum atomic E-state index is 12.9. The lowest BCUT2D eigenvalue weighted by Gasteiger charge is -2.18. The van der Waals surface area contributed by atoms with Gasteiger partial charge < -0.3 is 5.32 Å². The quantitative estimate of drug-likeness (QED) is 0.677. The summed E-state index contributed by atoms with van der Waals surface area (Å²) in [6.07, 6.45) is 5.05. The van der Waals surface area contributed by atoms with Gasteiger partial charge in [0.05, 0.1) is 17.5 Å². The fraction of sp³-hybridized carbons (Fsp3) is 0.227. The van der Waals surface area contributed by atoms with Gasteiger partial charge in [-0.05, 0) is 48.6 Å². The Bertz CT molecular complexity index is 952. The molecule has 2 aromatic rings. The molecule has 3 aliphatic rings. The van der Waals surface area contributed by atoms with Crippen molar-refractivity contribution in [2.45, 2.75) is 6.42 Å². The number of hydrogen-bond acceptors (Lipinski definition) is 3. The second kappa shape index (κ2) is 5.91. The van der Waals surface area contributed by atoms with Crippen molar-refractivity contribution in [1.29, 1.82) is 0 Å². The van der Waals surface area contributed by atoms with E-state index in [0.29, 0.717) is 16.9 Å². The Morgan fingerprint density at radius 3 is 2.22 bits per heavy atom. The van der Waals surface area contributed by atoms with Crippen molar-refractivity contribution in [3.05, 3.63) is 72.3 Å². The number of allylic oxidation sites excluding steroid dienone is 2. The molecule has 5 rings (SSSR count). The summed E-state index contributed by atoms with van der Waals surface area (Å²) in [5, 5.41) is 2.83. The maximum Gasteiger partial charge on any atom is 0.255 e. The number of imide groups is 1. The molecule has 0 spiro atoms. The van der Waals surface area contributed by atoms with Gasteiger partial charge in [-0.3, -0.25) is 14.4 Å². The van der Waals surface area contributed by atoms with Crippen molar-refractivity contribution in [1.82, 2.24) is 0 Å². The van der Waals surface area contributed by atoms with Crippen molar-refractivity contribution >= 4 is 29.1 Å². The van der Waals surface area contributed by atoms with Gasteiger partial charge in [-0.25, -0.2) is 4.90 Å². The molecule has 2 bridgehead atoms. The third-order valence-corrected chi connectivity index (χ3v) is 5.87. The molecule has 134 valence electrons. The molecule has 2 aliphatic carbocycles. The van der Waals surface area contributed by atoms with Gasteiger partial charge in [0.15, 0.2) is 0 Å². The van der Waals surface area contributed by atoms with E-state index in [-0.39, 0.29) is 41.4 Å². The van der Waals surface area contributed by atoms with Gasteiger partial charge in [0.1, 0.15) is 0 Å². The summed E-state index contributed by atoms with van der Waals surface area (Å²) < 4.78 is 0. The lowest BCUT2D eigenvalue weighted by molar-refractivity contribution is -0.123. The molecule has 0 aromatic heterocycles. The number of rotatable bonds is 3. The molecule has 1 saturated heterocycles. The molecule has 2 aromatic carbocycles. The summed E-state index contributed by atoms with van der Waals surface area (Å²) in [7, 11) is 0. The van der Waals surface area contributed by atoms with E-state index in [1.807, 2.05) is 18.2 Å². The normalized spacial score (nSPS) is 27.9. The second-order valence-electron chi connectivity index (χ2n) is 7.38. The van der Waals surface area contributed by atoms with Gasteiger partial charge >= 0.3 is 0 Å². The van der Waals surface area contributed by atoms with E-state index < -0.39 is 0 Å². The van der Waals surface area contributed by atoms with Crippen molar-refractivity contribution in [2.24, 2.45) is 23.7 Å². The number of benzene rings is 2. The number of carbonyl (C=O) groups is 3. The standard InChI is InChI=1S/C22H18N2O3/c25-20(23-16-6-2-1-3-7-16)15-5-4-8-17(12-15)24-21(26)18-13-9-10-14(11-13)19(18)22(24)27/h1-10,12-14,18-19H,11H2,(H,23,25)/t13-,14+,18-,19-/m0/s1. The SMILES string of the molecule is O=C(Nc1ccccc1)c1cccc(N2C(=O)[C@@H]3[C@@H](C2=O)[C@H]2C=C[C@@H]3C2)c1. The molecule has 1 heterocycles. The molecule has 0 unspecified atom stereocenters. The Hall–Kier alpha value is -3.21. The van der Waals surface area contributed by atoms with Crippen LogP contribution in [0.15, 0.2) is 66.7 Å². The van der Waals surface area contributed by atoms with Crippen LogP contribution in [0.5, 0.6) is 0 Å². The van der Waals surface area contributed by atoms with Crippen LogP contribution in [0.1, 0.15) is 16.8 Å². The minimum Gasteiger partial charge on any atom is -0.322 e. The highest BCUT2D eigenvalue weighted by atomic mass is 16.2. The van der Waals surface area contributed by atoms with Gasteiger partial charge in [-0.2, -0.15) is 0 Å². The number of hydrogen-bond donors (Lipinski definition) is 1. The molecule has 4 atom stereocenters. The summed E-state index contributed by atoms with van der Waals surface area (Å²) in [6, 6.07) is 15.9. The highest BCUT2D eigenvalue weighted by Crippen LogP contribution is 2.53. The van der Waals surface area contributed by atoms with Crippen LogP contribution in [0.4, 0.5) is 11.4 Å². The predicted molar refractivity (Wildman–Crippen MR) is 101 cm³/mol. The molecule has 2 fully saturated rings. The number of amides is 3. The summed E-state index contributed by atoms with van der Waals surface area (Å²) in [6.45, 7) is 0. The van der Waals surface area contributed by atoms with Gasteiger partial charge in [0, 0.05) is 11.3 Å². The van der Waals surface area contributed by atoms with Gasteiger partial charge in [0.25, 0.3) is 5.91 Å². The lowest BCUT2D eigenvalue weighted by Crippen LogP contribution is -2.33. The van der Waals surface area contributed by atoms with Crippen molar-refractivity contribution in [3.63, 3.8) is 0 Å². The van der Waals surface area contributed by atoms with E-state index >= 15 is 0 Å². The number of nitrogens with one attached hydrogen (secondary N) is 1. The van der Waals surface area contributed by atoms with Crippen LogP contribution >= 0.6 is 0 Å². The van der Waals surface area contributed by atoms with Crippen LogP contribution in [0.3, 0.4) is 0 Å². The lowest BCUT2D eigenvalue weighted by atomic mass is 9.85. The first-order valence-electron chi connectivity index (χ1n) is 9.16. The first kappa shape index (κ1) is 16.0. The van der Waals surface area contributed by atoms with E-state index in [1.54, 1.807) is 36.4 Å². The van der Waals surface area contributed by atoms with Crippen LogP contribution in [0, 0.1) is 23.7 Å². The van der Waals surface area contributed by atoms with Gasteiger partial charge in [-0.1, -0.05) is 36.4 Å². The Balaban J connectivity index is 1.42. The van der Waals surface area contributed by atoms with E-state index in [2.05, 4.69) is 17.5 Å². The zero-order chi connectivity index (χ0) is 18.5. The van der Waals surface area contributed by atoms with Gasteiger partial charge in [-0.15, -0.1) is 0 Å². The summed E-state index contributed by atoms with van der Waals surface area (Å²) in [4.78, 5) is 39.7. The minimum atomic E-state index is -0.274. The Morgan fingerprint density at radius 2 is 1.56 bits per heavy atom. The van der Waals surface area contributed by atoms with Crippen molar-refractivity contribution in [2.75, 3.05) is 10.2 Å². The fourth-order valence-corrected chi connectivity index (χ4v) is 4.67. The third kappa shape index (κ3) is 2.42. The van der Waals surface area contributed by atoms with Gasteiger partial charge in [0.2, 0.25) is 11.8 Å². The highest BCUT2D eigenvalue weighted by Gasteiger charge is 2.59. The molecule has 5 heteroatoms. The Kier molecular flexibility index (Phi) is 3.50. The van der Waals surface area contributed by atoms with E-state index in [1.165, 1.54) is 4.90 Å². The van der Waals surface area contributed by atoms with E-state index in [4.69, 9.17) is 0 Å². The average molecular weight is 358 g/mol. The number of para-hydroxylation sites is 1. The smallest absolute Gasteiger partial charge is 0.255 e. The number of carbonyl (C=O) groups excluding carboxylic acids is 3. The minimum absolute atomic E-state index is 0.137. The Morgan fingerprint density at radius 1 is 0.889 bits per heavy atom. The van der Waals surface area contributed by atoms with Crippen molar-refractivity contribution < 1.29 is 14.4 Å². The summed E-state index contributed by atoms with van der Waals surface area (Å²) in [5.74, 6) is -0.686. The monoisotopic (exact) mass is 358 g/mol. The van der Waals surface area contributed by atoms with Crippen LogP contribution in [0.25, 0.3) is 0 Å². The topological polar surface area (TPSA) is 66.5 Å². The van der Waals surface area contributed by atoms with Crippen LogP contribution in [-0.2, 0) is 9.59 Å². The van der Waals surface area contributed by atoms with E-state index in [9.17, 15) is 14.4 Å². The Labute approximate surface area is 156 Å². The molecule has 0 radical (unpaired) electrons. The average Bonchev–Trinajstić information content (AvgIpc) is 3.36. The molecule has 1 aliphatic heterocycles. The maximum absolute atomic E-state index is 12.9. The number of nitrogens with zero attached hydrogens (tertiary/aromatic N) is 1. The van der Waals surface area contributed by atoms with E-state index in [0.717, 1.165) is 6.42 Å². The second-order valence-corrected chi connectivity index (χ2v) is 7.38. The molecule has 3 amide bonds. The molecule has 27 heavy (non-hydrogen) atoms. The predicted octanol–water partition coefficient (Wildman–Crippen LogP) is 3.25. The molecule has 1 saturated carbocycles. The summed E-state index contributed by atoms with van der Waals surface area (Å²) in [5.41, 5.74) is 1.58. The highest BCUT2D eigenvalue weighted by molar-refractivity contribution is 6.23. The van der Waals surface area contributed by atoms with Crippen LogP contribution < -0.4 is 10.2 Å². The zero-order valence-corrected chi connectivity index (χ0v) is 14.5. The number of anilines is 2. The third-order valence-electron chi connectivity index (χ3n) is 5.87. The molecular weight excluding hydrogens is 340 g/mol. The zero-order valence-electron chi connectivity index (χ0n) is 14.5. The first-order valence-corrected chi connectivity index (χ1v) is 9.16. The summed E-state index contributed by atoms with van der Waals surface area (Å²) >= 11 is 0. The molecular formula is C22H18N2O3. The molecule has 1 N–H and O–H groups in total. The van der Waals surface area contributed by atoms with Crippen LogP contribution in [0.2, 0.25) is 0 Å².